The maximum Gasteiger partial charge on any atom is 0.0599 e. The molecule has 2 heterocycles. The van der Waals surface area contributed by atoms with Crippen molar-refractivity contribution in [2.75, 3.05) is 11.9 Å². The summed E-state index contributed by atoms with van der Waals surface area (Å²) >= 11 is 0. The first-order chi connectivity index (χ1) is 8.66. The highest BCUT2D eigenvalue weighted by molar-refractivity contribution is 5.44. The van der Waals surface area contributed by atoms with Gasteiger partial charge in [-0.25, -0.2) is 0 Å². The Labute approximate surface area is 107 Å². The molecular formula is C14H18N4. The quantitative estimate of drug-likeness (QED) is 0.892. The topological polar surface area (TPSA) is 55.0 Å². The van der Waals surface area contributed by atoms with Gasteiger partial charge in [-0.05, 0) is 31.2 Å². The van der Waals surface area contributed by atoms with E-state index in [1.165, 1.54) is 0 Å². The van der Waals surface area contributed by atoms with Crippen LogP contribution in [-0.4, -0.2) is 17.0 Å². The van der Waals surface area contributed by atoms with Crippen molar-refractivity contribution in [1.82, 2.24) is 9.97 Å². The van der Waals surface area contributed by atoms with Crippen molar-refractivity contribution in [1.29, 1.82) is 0 Å². The summed E-state index contributed by atoms with van der Waals surface area (Å²) in [5.41, 5.74) is 8.78. The zero-order valence-electron chi connectivity index (χ0n) is 10.7. The molecule has 0 aliphatic carbocycles. The van der Waals surface area contributed by atoms with Crippen LogP contribution in [0.1, 0.15) is 24.4 Å². The van der Waals surface area contributed by atoms with Gasteiger partial charge in [0.15, 0.2) is 0 Å². The fraction of sp³-hybridized carbons (Fsp3) is 0.286. The van der Waals surface area contributed by atoms with Gasteiger partial charge in [0.25, 0.3) is 0 Å². The first-order valence-corrected chi connectivity index (χ1v) is 5.99. The lowest BCUT2D eigenvalue weighted by Gasteiger charge is -2.19. The maximum absolute atomic E-state index is 5.78. The molecule has 0 spiro atoms. The fourth-order valence-corrected chi connectivity index (χ4v) is 1.72. The van der Waals surface area contributed by atoms with Gasteiger partial charge in [-0.1, -0.05) is 6.07 Å². The van der Waals surface area contributed by atoms with Crippen molar-refractivity contribution < 1.29 is 0 Å². The molecule has 2 aromatic heterocycles. The van der Waals surface area contributed by atoms with E-state index in [9.17, 15) is 0 Å². The molecule has 0 aliphatic heterocycles. The van der Waals surface area contributed by atoms with Gasteiger partial charge in [0.1, 0.15) is 0 Å². The molecule has 0 aromatic carbocycles. The maximum atomic E-state index is 5.78. The van der Waals surface area contributed by atoms with Crippen molar-refractivity contribution in [3.8, 4) is 0 Å². The van der Waals surface area contributed by atoms with Crippen LogP contribution in [0.25, 0.3) is 0 Å². The van der Waals surface area contributed by atoms with E-state index in [-0.39, 0.29) is 6.04 Å². The molecule has 4 nitrogen and oxygen atoms in total. The van der Waals surface area contributed by atoms with Gasteiger partial charge in [0.2, 0.25) is 0 Å². The summed E-state index contributed by atoms with van der Waals surface area (Å²) in [5.74, 6) is 0. The summed E-state index contributed by atoms with van der Waals surface area (Å²) in [6.07, 6.45) is 3.66. The Balaban J connectivity index is 2.07. The Morgan fingerprint density at radius 3 is 2.61 bits per heavy atom. The van der Waals surface area contributed by atoms with Crippen molar-refractivity contribution >= 4 is 5.69 Å². The van der Waals surface area contributed by atoms with Crippen molar-refractivity contribution in [2.24, 2.45) is 5.73 Å². The molecule has 2 rings (SSSR count). The van der Waals surface area contributed by atoms with E-state index in [1.807, 2.05) is 50.5 Å². The Kier molecular flexibility index (Phi) is 3.89. The number of nitrogens with two attached hydrogens (primary N) is 1. The molecule has 1 atom stereocenters. The van der Waals surface area contributed by atoms with Crippen molar-refractivity contribution in [3.63, 3.8) is 0 Å². The third-order valence-electron chi connectivity index (χ3n) is 2.80. The molecule has 0 radical (unpaired) electrons. The lowest BCUT2D eigenvalue weighted by atomic mass is 10.2. The number of pyridine rings is 2. The second-order valence-electron chi connectivity index (χ2n) is 4.41. The Hall–Kier alpha value is -1.94. The van der Waals surface area contributed by atoms with Gasteiger partial charge in [0, 0.05) is 19.3 Å². The average molecular weight is 242 g/mol. The first-order valence-electron chi connectivity index (χ1n) is 5.99. The summed E-state index contributed by atoms with van der Waals surface area (Å²) < 4.78 is 0. The van der Waals surface area contributed by atoms with E-state index < -0.39 is 0 Å². The number of hydrogen-bond donors (Lipinski definition) is 1. The van der Waals surface area contributed by atoms with Crippen LogP contribution < -0.4 is 10.6 Å². The average Bonchev–Trinajstić information content (AvgIpc) is 2.40. The molecule has 2 N–H and O–H groups in total. The summed E-state index contributed by atoms with van der Waals surface area (Å²) in [5, 5.41) is 0. The minimum Gasteiger partial charge on any atom is -0.367 e. The summed E-state index contributed by atoms with van der Waals surface area (Å²) in [6.45, 7) is 2.69. The number of nitrogens with zero attached hydrogens (tertiary/aromatic N) is 3. The zero-order chi connectivity index (χ0) is 13.0. The predicted molar refractivity (Wildman–Crippen MR) is 73.2 cm³/mol. The van der Waals surface area contributed by atoms with Crippen LogP contribution in [0.4, 0.5) is 5.69 Å². The molecule has 0 saturated carbocycles. The van der Waals surface area contributed by atoms with Crippen molar-refractivity contribution in [3.05, 3.63) is 54.1 Å². The standard InChI is InChI=1S/C14H18N4/c1-11(15)14-7-6-13(9-17-14)18(2)10-12-5-3-4-8-16-12/h3-9,11H,10,15H2,1-2H3/t11-/m1/s1. The minimum atomic E-state index is -0.0276. The van der Waals surface area contributed by atoms with Gasteiger partial charge in [-0.15, -0.1) is 0 Å². The van der Waals surface area contributed by atoms with Crippen LogP contribution in [0.15, 0.2) is 42.7 Å². The summed E-state index contributed by atoms with van der Waals surface area (Å²) in [7, 11) is 2.03. The second-order valence-corrected chi connectivity index (χ2v) is 4.41. The minimum absolute atomic E-state index is 0.0276. The molecule has 0 aliphatic rings. The number of hydrogen-bond acceptors (Lipinski definition) is 4. The summed E-state index contributed by atoms with van der Waals surface area (Å²) in [4.78, 5) is 10.8. The van der Waals surface area contributed by atoms with Gasteiger partial charge in [0.05, 0.1) is 29.8 Å². The van der Waals surface area contributed by atoms with E-state index >= 15 is 0 Å². The molecule has 4 heteroatoms. The Bertz CT molecular complexity index is 479. The van der Waals surface area contributed by atoms with Crippen molar-refractivity contribution in [2.45, 2.75) is 19.5 Å². The highest BCUT2D eigenvalue weighted by Crippen LogP contribution is 2.15. The van der Waals surface area contributed by atoms with Crippen LogP contribution in [0.3, 0.4) is 0 Å². The van der Waals surface area contributed by atoms with E-state index in [0.29, 0.717) is 0 Å². The van der Waals surface area contributed by atoms with Gasteiger partial charge >= 0.3 is 0 Å². The molecule has 0 saturated heterocycles. The highest BCUT2D eigenvalue weighted by atomic mass is 15.1. The lowest BCUT2D eigenvalue weighted by Crippen LogP contribution is -2.17. The largest absolute Gasteiger partial charge is 0.367 e. The Morgan fingerprint density at radius 1 is 1.22 bits per heavy atom. The molecule has 94 valence electrons. The van der Waals surface area contributed by atoms with Gasteiger partial charge < -0.3 is 10.6 Å². The molecule has 18 heavy (non-hydrogen) atoms. The van der Waals surface area contributed by atoms with Crippen LogP contribution >= 0.6 is 0 Å². The van der Waals surface area contributed by atoms with Crippen LogP contribution in [-0.2, 0) is 6.54 Å². The molecule has 0 amide bonds. The highest BCUT2D eigenvalue weighted by Gasteiger charge is 2.05. The fourth-order valence-electron chi connectivity index (χ4n) is 1.72. The second kappa shape index (κ2) is 5.60. The molecule has 0 fully saturated rings. The van der Waals surface area contributed by atoms with Crippen LogP contribution in [0.5, 0.6) is 0 Å². The number of anilines is 1. The SMILES string of the molecule is C[C@@H](N)c1ccc(N(C)Cc2ccccn2)cn1. The third kappa shape index (κ3) is 3.05. The number of rotatable bonds is 4. The van der Waals surface area contributed by atoms with Crippen LogP contribution in [0.2, 0.25) is 0 Å². The Morgan fingerprint density at radius 2 is 2.06 bits per heavy atom. The predicted octanol–water partition coefficient (Wildman–Crippen LogP) is 2.13. The smallest absolute Gasteiger partial charge is 0.0599 e. The number of aromatic nitrogens is 2. The van der Waals surface area contributed by atoms with Crippen LogP contribution in [0, 0.1) is 0 Å². The normalized spacial score (nSPS) is 12.2. The van der Waals surface area contributed by atoms with E-state index in [1.54, 1.807) is 6.20 Å². The molecular weight excluding hydrogens is 224 g/mol. The van der Waals surface area contributed by atoms with E-state index in [0.717, 1.165) is 23.6 Å². The van der Waals surface area contributed by atoms with Gasteiger partial charge in [-0.2, -0.15) is 0 Å². The lowest BCUT2D eigenvalue weighted by molar-refractivity contribution is 0.778. The monoisotopic (exact) mass is 242 g/mol. The third-order valence-corrected chi connectivity index (χ3v) is 2.80. The first kappa shape index (κ1) is 12.5. The molecule has 0 unspecified atom stereocenters. The zero-order valence-corrected chi connectivity index (χ0v) is 10.7. The van der Waals surface area contributed by atoms with E-state index in [4.69, 9.17) is 5.73 Å². The molecule has 0 bridgehead atoms. The summed E-state index contributed by atoms with van der Waals surface area (Å²) in [6, 6.07) is 9.90. The molecule has 2 aromatic rings. The van der Waals surface area contributed by atoms with E-state index in [2.05, 4.69) is 14.9 Å². The van der Waals surface area contributed by atoms with Gasteiger partial charge in [-0.3, -0.25) is 9.97 Å².